The molecule has 0 aliphatic heterocycles. The van der Waals surface area contributed by atoms with Crippen molar-refractivity contribution < 1.29 is 14.6 Å². The fourth-order valence-corrected chi connectivity index (χ4v) is 4.94. The second kappa shape index (κ2) is 14.5. The second-order valence-electron chi connectivity index (χ2n) is 10.4. The van der Waals surface area contributed by atoms with Crippen LogP contribution in [0.1, 0.15) is 37.3 Å². The van der Waals surface area contributed by atoms with E-state index in [4.69, 9.17) is 27.9 Å². The minimum Gasteiger partial charge on any atom is -0.395 e. The molecule has 224 valence electrons. The number of amidine groups is 1. The van der Waals surface area contributed by atoms with Gasteiger partial charge in [0.05, 0.1) is 35.5 Å². The van der Waals surface area contributed by atoms with Gasteiger partial charge in [-0.05, 0) is 74.1 Å². The molecule has 4 rings (SSSR count). The molecule has 2 aromatic heterocycles. The molecule has 0 aliphatic rings. The van der Waals surface area contributed by atoms with E-state index < -0.39 is 11.5 Å². The van der Waals surface area contributed by atoms with Gasteiger partial charge in [-0.15, -0.1) is 0 Å². The van der Waals surface area contributed by atoms with E-state index >= 15 is 4.39 Å². The molecule has 0 bridgehead atoms. The van der Waals surface area contributed by atoms with Crippen molar-refractivity contribution in [1.82, 2.24) is 25.2 Å². The number of aromatic nitrogens is 3. The number of nitrogens with one attached hydrogen (secondary N) is 4. The van der Waals surface area contributed by atoms with Crippen LogP contribution in [0.25, 0.3) is 28.0 Å². The predicted octanol–water partition coefficient (Wildman–Crippen LogP) is 3.24. The Kier molecular flexibility index (Phi) is 10.8. The molecule has 0 saturated carbocycles. The first kappa shape index (κ1) is 31.3. The number of halogens is 2. The maximum Gasteiger partial charge on any atom is 0.354 e. The van der Waals surface area contributed by atoms with E-state index in [2.05, 4.69) is 20.6 Å². The Labute approximate surface area is 248 Å². The van der Waals surface area contributed by atoms with Crippen LogP contribution in [-0.4, -0.2) is 62.4 Å². The van der Waals surface area contributed by atoms with Crippen molar-refractivity contribution in [3.05, 3.63) is 81.1 Å². The molecule has 0 radical (unpaired) electrons. The van der Waals surface area contributed by atoms with Gasteiger partial charge in [-0.1, -0.05) is 23.7 Å². The number of nitrogens with two attached hydrogens (primary N) is 1. The predicted molar refractivity (Wildman–Crippen MR) is 164 cm³/mol. The second-order valence-corrected chi connectivity index (χ2v) is 10.8. The maximum atomic E-state index is 15.1. The first-order chi connectivity index (χ1) is 20.2. The van der Waals surface area contributed by atoms with Crippen molar-refractivity contribution in [3.63, 3.8) is 0 Å². The number of rotatable bonds is 14. The maximum absolute atomic E-state index is 15.1. The van der Waals surface area contributed by atoms with E-state index in [9.17, 15) is 9.90 Å². The molecule has 42 heavy (non-hydrogen) atoms. The smallest absolute Gasteiger partial charge is 0.354 e. The van der Waals surface area contributed by atoms with Gasteiger partial charge >= 0.3 is 5.69 Å². The summed E-state index contributed by atoms with van der Waals surface area (Å²) in [5.74, 6) is -0.179. The summed E-state index contributed by atoms with van der Waals surface area (Å²) in [5, 5.41) is 33.1. The van der Waals surface area contributed by atoms with Gasteiger partial charge in [-0.3, -0.25) is 9.98 Å². The van der Waals surface area contributed by atoms with E-state index in [0.717, 1.165) is 17.5 Å². The molecule has 2 atom stereocenters. The molecule has 0 fully saturated rings. The normalized spacial score (nSPS) is 12.9. The number of benzene rings is 2. The van der Waals surface area contributed by atoms with Crippen LogP contribution in [0.5, 0.6) is 0 Å². The highest BCUT2D eigenvalue weighted by molar-refractivity contribution is 6.31. The molecular formula is C30H37ClFN7O3. The van der Waals surface area contributed by atoms with E-state index in [0.29, 0.717) is 60.6 Å². The number of aliphatic hydroxyl groups excluding tert-OH is 2. The SMILES string of the molecule is CC(=N)NCC[C@H](CO)NCc1ccc(-n2cc3cc(-c4cc(CCC[C@@H](N)CO)cc(Cl)c4F)[nH]c3nc2=O)cc1. The Hall–Kier alpha value is -3.61. The quantitative estimate of drug-likeness (QED) is 0.0866. The number of aromatic amines is 1. The first-order valence-electron chi connectivity index (χ1n) is 13.9. The Balaban J connectivity index is 1.50. The molecule has 4 aromatic rings. The highest BCUT2D eigenvalue weighted by atomic mass is 35.5. The molecule has 10 nitrogen and oxygen atoms in total. The first-order valence-corrected chi connectivity index (χ1v) is 14.3. The van der Waals surface area contributed by atoms with Crippen LogP contribution in [0.15, 0.2) is 53.5 Å². The Bertz CT molecular complexity index is 1570. The zero-order valence-corrected chi connectivity index (χ0v) is 24.2. The van der Waals surface area contributed by atoms with Crippen LogP contribution < -0.4 is 22.1 Å². The summed E-state index contributed by atoms with van der Waals surface area (Å²) >= 11 is 6.21. The highest BCUT2D eigenvalue weighted by Gasteiger charge is 2.16. The topological polar surface area (TPSA) is 165 Å². The molecular weight excluding hydrogens is 561 g/mol. The molecule has 0 unspecified atom stereocenters. The van der Waals surface area contributed by atoms with Crippen molar-refractivity contribution in [2.45, 2.75) is 51.2 Å². The summed E-state index contributed by atoms with van der Waals surface area (Å²) in [6.45, 7) is 2.70. The van der Waals surface area contributed by atoms with Crippen LogP contribution in [0.3, 0.4) is 0 Å². The lowest BCUT2D eigenvalue weighted by molar-refractivity contribution is 0.235. The highest BCUT2D eigenvalue weighted by Crippen LogP contribution is 2.31. The fraction of sp³-hybridized carbons (Fsp3) is 0.367. The molecule has 8 N–H and O–H groups in total. The summed E-state index contributed by atoms with van der Waals surface area (Å²) in [4.78, 5) is 20.1. The monoisotopic (exact) mass is 597 g/mol. The van der Waals surface area contributed by atoms with Gasteiger partial charge < -0.3 is 31.6 Å². The van der Waals surface area contributed by atoms with Crippen molar-refractivity contribution in [2.75, 3.05) is 19.8 Å². The molecule has 0 spiro atoms. The number of aryl methyl sites for hydroxylation is 1. The summed E-state index contributed by atoms with van der Waals surface area (Å²) < 4.78 is 16.5. The summed E-state index contributed by atoms with van der Waals surface area (Å²) in [6, 6.07) is 12.1. The van der Waals surface area contributed by atoms with Crippen LogP contribution in [0, 0.1) is 11.2 Å². The van der Waals surface area contributed by atoms with E-state index in [1.165, 1.54) is 4.57 Å². The standard InChI is InChI=1S/C30H37ClFN7O3/c1-18(33)35-10-9-23(17-41)36-14-19-5-7-24(8-6-19)39-15-21-13-27(37-29(21)38-30(39)42)25-11-20(12-26(31)28(25)32)3-2-4-22(34)16-40/h5-8,11-13,15,22-23,36,40-41H,2-4,9-10,14,16-17,34H2,1H3,(H2,33,35)(H,37,38,42)/t22-,23-/m1/s1. The van der Waals surface area contributed by atoms with Crippen molar-refractivity contribution in [1.29, 1.82) is 5.41 Å². The molecule has 2 aromatic carbocycles. The molecule has 0 amide bonds. The number of aliphatic hydroxyl groups is 2. The molecule has 12 heteroatoms. The van der Waals surface area contributed by atoms with Crippen LogP contribution in [0.4, 0.5) is 4.39 Å². The minimum atomic E-state index is -0.567. The zero-order valence-electron chi connectivity index (χ0n) is 23.5. The molecule has 0 saturated heterocycles. The minimum absolute atomic E-state index is 0.00170. The average molecular weight is 598 g/mol. The van der Waals surface area contributed by atoms with Gasteiger partial charge in [-0.25, -0.2) is 9.18 Å². The van der Waals surface area contributed by atoms with E-state index in [1.807, 2.05) is 24.3 Å². The summed E-state index contributed by atoms with van der Waals surface area (Å²) in [7, 11) is 0. The van der Waals surface area contributed by atoms with Crippen LogP contribution in [0.2, 0.25) is 5.02 Å². The number of hydrogen-bond donors (Lipinski definition) is 7. The van der Waals surface area contributed by atoms with Crippen molar-refractivity contribution in [2.24, 2.45) is 5.73 Å². The van der Waals surface area contributed by atoms with Crippen molar-refractivity contribution >= 4 is 28.5 Å². The zero-order chi connectivity index (χ0) is 30.2. The average Bonchev–Trinajstić information content (AvgIpc) is 3.38. The third-order valence-electron chi connectivity index (χ3n) is 7.07. The number of nitrogens with zero attached hydrogens (tertiary/aromatic N) is 2. The fourth-order valence-electron chi connectivity index (χ4n) is 4.70. The number of H-pyrrole nitrogens is 1. The van der Waals surface area contributed by atoms with Gasteiger partial charge in [0.1, 0.15) is 5.65 Å². The number of hydrogen-bond acceptors (Lipinski definition) is 7. The van der Waals surface area contributed by atoms with Gasteiger partial charge in [0.15, 0.2) is 5.82 Å². The summed E-state index contributed by atoms with van der Waals surface area (Å²) in [5.41, 5.74) is 8.82. The van der Waals surface area contributed by atoms with Gasteiger partial charge in [0.25, 0.3) is 0 Å². The third-order valence-corrected chi connectivity index (χ3v) is 7.35. The Morgan fingerprint density at radius 3 is 2.62 bits per heavy atom. The van der Waals surface area contributed by atoms with E-state index in [-0.39, 0.29) is 35.9 Å². The van der Waals surface area contributed by atoms with Crippen LogP contribution >= 0.6 is 11.6 Å². The molecule has 0 aliphatic carbocycles. The van der Waals surface area contributed by atoms with Crippen LogP contribution in [-0.2, 0) is 13.0 Å². The number of fused-ring (bicyclic) bond motifs is 1. The van der Waals surface area contributed by atoms with Gasteiger partial charge in [0, 0.05) is 42.3 Å². The third kappa shape index (κ3) is 8.02. The van der Waals surface area contributed by atoms with Gasteiger partial charge in [0.2, 0.25) is 0 Å². The largest absolute Gasteiger partial charge is 0.395 e. The Morgan fingerprint density at radius 2 is 1.93 bits per heavy atom. The Morgan fingerprint density at radius 1 is 1.17 bits per heavy atom. The summed E-state index contributed by atoms with van der Waals surface area (Å²) in [6.07, 6.45) is 4.31. The van der Waals surface area contributed by atoms with Crippen molar-refractivity contribution in [3.8, 4) is 16.9 Å². The van der Waals surface area contributed by atoms with E-state index in [1.54, 1.807) is 31.3 Å². The lowest BCUT2D eigenvalue weighted by Crippen LogP contribution is -2.35. The van der Waals surface area contributed by atoms with Gasteiger partial charge in [-0.2, -0.15) is 4.98 Å². The molecule has 2 heterocycles. The lowest BCUT2D eigenvalue weighted by atomic mass is 10.0. The lowest BCUT2D eigenvalue weighted by Gasteiger charge is -2.17.